The Morgan fingerprint density at radius 3 is 2.74 bits per heavy atom. The summed E-state index contributed by atoms with van der Waals surface area (Å²) in [6.45, 7) is 2.16. The number of likely N-dealkylation sites (tertiary alicyclic amines) is 1. The van der Waals surface area contributed by atoms with E-state index >= 15 is 0 Å². The van der Waals surface area contributed by atoms with Gasteiger partial charge in [0, 0.05) is 32.7 Å². The van der Waals surface area contributed by atoms with Crippen molar-refractivity contribution in [2.75, 3.05) is 39.0 Å². The maximum absolute atomic E-state index is 12.5. The molecule has 0 saturated carbocycles. The summed E-state index contributed by atoms with van der Waals surface area (Å²) < 4.78 is 0. The summed E-state index contributed by atoms with van der Waals surface area (Å²) in [6.07, 6.45) is 2.65. The van der Waals surface area contributed by atoms with Gasteiger partial charge in [0.15, 0.2) is 0 Å². The topological polar surface area (TPSA) is 81.8 Å². The fraction of sp³-hybridized carbons (Fsp3) is 0.409. The van der Waals surface area contributed by atoms with E-state index in [2.05, 4.69) is 15.5 Å². The molecule has 9 heteroatoms. The largest absolute Gasteiger partial charge is 0.352 e. The van der Waals surface area contributed by atoms with Crippen LogP contribution in [0.5, 0.6) is 0 Å². The first-order valence-electron chi connectivity index (χ1n) is 10.2. The van der Waals surface area contributed by atoms with Gasteiger partial charge in [-0.15, -0.1) is 11.3 Å². The Morgan fingerprint density at radius 2 is 2.03 bits per heavy atom. The van der Waals surface area contributed by atoms with E-state index in [1.54, 1.807) is 49.3 Å². The average molecular weight is 463 g/mol. The third kappa shape index (κ3) is 6.06. The van der Waals surface area contributed by atoms with Crippen molar-refractivity contribution < 1.29 is 14.4 Å². The Kier molecular flexibility index (Phi) is 8.06. The molecule has 1 aromatic heterocycles. The number of hydrogen-bond donors (Lipinski definition) is 2. The molecular formula is C22H27ClN4O3S. The summed E-state index contributed by atoms with van der Waals surface area (Å²) in [5, 5.41) is 7.84. The molecule has 2 N–H and O–H groups in total. The fourth-order valence-corrected chi connectivity index (χ4v) is 4.40. The number of carbonyl (C=O) groups excluding carboxylic acids is 3. The maximum Gasteiger partial charge on any atom is 0.265 e. The highest BCUT2D eigenvalue weighted by atomic mass is 35.5. The Hall–Kier alpha value is -2.42. The van der Waals surface area contributed by atoms with Crippen molar-refractivity contribution in [3.8, 4) is 0 Å². The van der Waals surface area contributed by atoms with Crippen molar-refractivity contribution in [3.05, 3.63) is 51.2 Å². The molecule has 0 aliphatic carbocycles. The number of amides is 3. The van der Waals surface area contributed by atoms with Crippen LogP contribution < -0.4 is 10.6 Å². The molecule has 166 valence electrons. The van der Waals surface area contributed by atoms with E-state index in [1.165, 1.54) is 11.3 Å². The monoisotopic (exact) mass is 462 g/mol. The molecule has 0 spiro atoms. The molecule has 0 bridgehead atoms. The first kappa shape index (κ1) is 23.2. The molecule has 1 atom stereocenters. The minimum atomic E-state index is -0.262. The number of anilines is 1. The SMILES string of the molecule is CN(C)C(=O)C1CCCN1CCCNC(=O)c1ccc(Cl)c(NC(=O)c2cccs2)c1. The van der Waals surface area contributed by atoms with E-state index in [4.69, 9.17) is 11.6 Å². The van der Waals surface area contributed by atoms with Crippen molar-refractivity contribution in [2.24, 2.45) is 0 Å². The van der Waals surface area contributed by atoms with Crippen LogP contribution in [0.4, 0.5) is 5.69 Å². The Balaban J connectivity index is 1.50. The molecule has 1 saturated heterocycles. The zero-order valence-electron chi connectivity index (χ0n) is 17.7. The smallest absolute Gasteiger partial charge is 0.265 e. The molecule has 31 heavy (non-hydrogen) atoms. The molecule has 1 unspecified atom stereocenters. The third-order valence-electron chi connectivity index (χ3n) is 5.22. The van der Waals surface area contributed by atoms with Gasteiger partial charge < -0.3 is 15.5 Å². The van der Waals surface area contributed by atoms with Gasteiger partial charge in [-0.25, -0.2) is 0 Å². The van der Waals surface area contributed by atoms with E-state index in [0.717, 1.165) is 32.4 Å². The highest BCUT2D eigenvalue weighted by Crippen LogP contribution is 2.24. The number of nitrogens with one attached hydrogen (secondary N) is 2. The zero-order chi connectivity index (χ0) is 22.4. The van der Waals surface area contributed by atoms with Crippen LogP contribution >= 0.6 is 22.9 Å². The molecule has 1 aliphatic heterocycles. The summed E-state index contributed by atoms with van der Waals surface area (Å²) >= 11 is 7.52. The van der Waals surface area contributed by atoms with Crippen LogP contribution in [0.15, 0.2) is 35.7 Å². The Morgan fingerprint density at radius 1 is 1.23 bits per heavy atom. The van der Waals surface area contributed by atoms with Gasteiger partial charge >= 0.3 is 0 Å². The molecule has 0 radical (unpaired) electrons. The lowest BCUT2D eigenvalue weighted by molar-refractivity contribution is -0.133. The van der Waals surface area contributed by atoms with Crippen molar-refractivity contribution in [3.63, 3.8) is 0 Å². The molecule has 2 heterocycles. The first-order valence-corrected chi connectivity index (χ1v) is 11.5. The number of carbonyl (C=O) groups is 3. The van der Waals surface area contributed by atoms with Crippen LogP contribution in [0.25, 0.3) is 0 Å². The molecule has 1 fully saturated rings. The maximum atomic E-state index is 12.5. The van der Waals surface area contributed by atoms with Crippen LogP contribution in [-0.4, -0.2) is 67.3 Å². The third-order valence-corrected chi connectivity index (χ3v) is 6.42. The van der Waals surface area contributed by atoms with Crippen molar-refractivity contribution >= 4 is 46.3 Å². The zero-order valence-corrected chi connectivity index (χ0v) is 19.3. The standard InChI is InChI=1S/C22H27ClN4O3S/c1-26(2)22(30)18-6-3-11-27(18)12-5-10-24-20(28)15-8-9-16(23)17(14-15)25-21(29)19-7-4-13-31-19/h4,7-9,13-14,18H,3,5-6,10-12H2,1-2H3,(H,24,28)(H,25,29). The number of hydrogen-bond acceptors (Lipinski definition) is 5. The number of thiophene rings is 1. The number of benzene rings is 1. The van der Waals surface area contributed by atoms with Gasteiger partial charge in [-0.2, -0.15) is 0 Å². The highest BCUT2D eigenvalue weighted by molar-refractivity contribution is 7.12. The second-order valence-corrected chi connectivity index (χ2v) is 9.02. The van der Waals surface area contributed by atoms with E-state index < -0.39 is 0 Å². The van der Waals surface area contributed by atoms with Gasteiger partial charge in [-0.3, -0.25) is 19.3 Å². The molecule has 7 nitrogen and oxygen atoms in total. The van der Waals surface area contributed by atoms with Gasteiger partial charge in [0.2, 0.25) is 5.91 Å². The number of rotatable bonds is 8. The minimum absolute atomic E-state index is 0.0588. The van der Waals surface area contributed by atoms with Gasteiger partial charge in [0.05, 0.1) is 21.6 Å². The lowest BCUT2D eigenvalue weighted by Crippen LogP contribution is -2.43. The lowest BCUT2D eigenvalue weighted by Gasteiger charge is -2.26. The highest BCUT2D eigenvalue weighted by Gasteiger charge is 2.31. The van der Waals surface area contributed by atoms with Crippen LogP contribution in [0.1, 0.15) is 39.3 Å². The quantitative estimate of drug-likeness (QED) is 0.589. The van der Waals surface area contributed by atoms with Crippen LogP contribution in [0.2, 0.25) is 5.02 Å². The molecule has 3 rings (SSSR count). The van der Waals surface area contributed by atoms with E-state index in [0.29, 0.717) is 27.7 Å². The molecule has 1 aromatic carbocycles. The van der Waals surface area contributed by atoms with Gasteiger partial charge in [-0.1, -0.05) is 17.7 Å². The Labute approximate surface area is 191 Å². The Bertz CT molecular complexity index is 933. The van der Waals surface area contributed by atoms with E-state index in [1.807, 2.05) is 5.38 Å². The summed E-state index contributed by atoms with van der Waals surface area (Å²) in [7, 11) is 3.56. The van der Waals surface area contributed by atoms with E-state index in [9.17, 15) is 14.4 Å². The normalized spacial score (nSPS) is 16.2. The number of halogens is 1. The minimum Gasteiger partial charge on any atom is -0.352 e. The summed E-state index contributed by atoms with van der Waals surface area (Å²) in [5.74, 6) is -0.354. The van der Waals surface area contributed by atoms with Crippen molar-refractivity contribution in [2.45, 2.75) is 25.3 Å². The van der Waals surface area contributed by atoms with Crippen molar-refractivity contribution in [1.29, 1.82) is 0 Å². The average Bonchev–Trinajstić information content (AvgIpc) is 3.44. The molecular weight excluding hydrogens is 436 g/mol. The van der Waals surface area contributed by atoms with Gasteiger partial charge in [0.25, 0.3) is 11.8 Å². The summed E-state index contributed by atoms with van der Waals surface area (Å²) in [4.78, 5) is 41.5. The molecule has 1 aliphatic rings. The first-order chi connectivity index (χ1) is 14.9. The van der Waals surface area contributed by atoms with Gasteiger partial charge in [-0.05, 0) is 55.5 Å². The lowest BCUT2D eigenvalue weighted by atomic mass is 10.1. The fourth-order valence-electron chi connectivity index (χ4n) is 3.61. The summed E-state index contributed by atoms with van der Waals surface area (Å²) in [5.41, 5.74) is 0.822. The summed E-state index contributed by atoms with van der Waals surface area (Å²) in [6, 6.07) is 8.27. The van der Waals surface area contributed by atoms with Crippen molar-refractivity contribution in [1.82, 2.24) is 15.1 Å². The molecule has 2 aromatic rings. The number of nitrogens with zero attached hydrogens (tertiary/aromatic N) is 2. The van der Waals surface area contributed by atoms with Crippen LogP contribution in [0, 0.1) is 0 Å². The van der Waals surface area contributed by atoms with Gasteiger partial charge in [0.1, 0.15) is 0 Å². The second-order valence-electron chi connectivity index (χ2n) is 7.66. The predicted molar refractivity (Wildman–Crippen MR) is 124 cm³/mol. The second kappa shape index (κ2) is 10.7. The van der Waals surface area contributed by atoms with Crippen LogP contribution in [-0.2, 0) is 4.79 Å². The van der Waals surface area contributed by atoms with Crippen LogP contribution in [0.3, 0.4) is 0 Å². The molecule has 3 amide bonds. The number of likely N-dealkylation sites (N-methyl/N-ethyl adjacent to an activating group) is 1. The van der Waals surface area contributed by atoms with E-state index in [-0.39, 0.29) is 23.8 Å². The predicted octanol–water partition coefficient (Wildman–Crippen LogP) is 3.33.